The number of carbonyl (C=O) groups is 1. The molecule has 0 unspecified atom stereocenters. The van der Waals surface area contributed by atoms with Gasteiger partial charge >= 0.3 is 0 Å². The number of ether oxygens (including phenoxy) is 2. The first-order chi connectivity index (χ1) is 13.2. The first-order valence-corrected chi connectivity index (χ1v) is 10.1. The Hall–Kier alpha value is -1.63. The molecule has 0 aromatic heterocycles. The van der Waals surface area contributed by atoms with E-state index in [2.05, 4.69) is 26.8 Å². The van der Waals surface area contributed by atoms with Gasteiger partial charge in [0.15, 0.2) is 0 Å². The summed E-state index contributed by atoms with van der Waals surface area (Å²) >= 11 is 0. The zero-order chi connectivity index (χ0) is 19.1. The van der Waals surface area contributed by atoms with Crippen LogP contribution in [0.3, 0.4) is 0 Å². The van der Waals surface area contributed by atoms with Gasteiger partial charge in [0.25, 0.3) is 0 Å². The maximum atomic E-state index is 13.0. The number of piperazine rings is 1. The Balaban J connectivity index is 1.47. The van der Waals surface area contributed by atoms with Gasteiger partial charge in [0.1, 0.15) is 5.75 Å². The van der Waals surface area contributed by atoms with Gasteiger partial charge in [0, 0.05) is 58.5 Å². The van der Waals surface area contributed by atoms with Crippen molar-refractivity contribution in [3.05, 3.63) is 29.8 Å². The number of likely N-dealkylation sites (tertiary alicyclic amines) is 1. The van der Waals surface area contributed by atoms with Gasteiger partial charge in [0.2, 0.25) is 5.91 Å². The minimum absolute atomic E-state index is 0.149. The molecule has 27 heavy (non-hydrogen) atoms. The van der Waals surface area contributed by atoms with E-state index >= 15 is 0 Å². The summed E-state index contributed by atoms with van der Waals surface area (Å²) < 4.78 is 10.6. The van der Waals surface area contributed by atoms with Crippen molar-refractivity contribution in [1.82, 2.24) is 14.7 Å². The van der Waals surface area contributed by atoms with Crippen molar-refractivity contribution >= 4 is 5.91 Å². The fourth-order valence-corrected chi connectivity index (χ4v) is 4.14. The number of piperidine rings is 1. The summed E-state index contributed by atoms with van der Waals surface area (Å²) in [6.45, 7) is 7.98. The van der Waals surface area contributed by atoms with Crippen molar-refractivity contribution in [2.75, 3.05) is 66.6 Å². The number of rotatable bonds is 7. The van der Waals surface area contributed by atoms with Crippen LogP contribution in [0.15, 0.2) is 24.3 Å². The van der Waals surface area contributed by atoms with E-state index in [-0.39, 0.29) is 5.92 Å². The van der Waals surface area contributed by atoms with Gasteiger partial charge in [-0.2, -0.15) is 0 Å². The number of methoxy groups -OCH3 is 2. The Morgan fingerprint density at radius 2 is 1.85 bits per heavy atom. The molecule has 150 valence electrons. The van der Waals surface area contributed by atoms with Crippen molar-refractivity contribution < 1.29 is 14.3 Å². The van der Waals surface area contributed by atoms with Gasteiger partial charge in [-0.15, -0.1) is 0 Å². The Kier molecular flexibility index (Phi) is 7.50. The molecule has 0 spiro atoms. The van der Waals surface area contributed by atoms with Crippen LogP contribution in [-0.2, 0) is 16.1 Å². The summed E-state index contributed by atoms with van der Waals surface area (Å²) in [5.41, 5.74) is 1.21. The number of carbonyl (C=O) groups excluding carboxylic acids is 1. The lowest BCUT2D eigenvalue weighted by molar-refractivity contribution is -0.139. The molecule has 2 saturated heterocycles. The third kappa shape index (κ3) is 5.43. The molecule has 0 saturated carbocycles. The van der Waals surface area contributed by atoms with Crippen LogP contribution in [0.2, 0.25) is 0 Å². The molecule has 0 aliphatic carbocycles. The van der Waals surface area contributed by atoms with Crippen molar-refractivity contribution in [2.24, 2.45) is 5.92 Å². The van der Waals surface area contributed by atoms with Crippen LogP contribution in [0.4, 0.5) is 0 Å². The second-order valence-corrected chi connectivity index (χ2v) is 7.55. The topological polar surface area (TPSA) is 45.2 Å². The van der Waals surface area contributed by atoms with E-state index in [0.29, 0.717) is 5.91 Å². The Bertz CT molecular complexity index is 602. The number of para-hydroxylation sites is 1. The van der Waals surface area contributed by atoms with E-state index in [1.54, 1.807) is 14.2 Å². The lowest BCUT2D eigenvalue weighted by atomic mass is 9.96. The summed E-state index contributed by atoms with van der Waals surface area (Å²) in [6.07, 6.45) is 2.12. The normalized spacial score (nSPS) is 22.0. The molecule has 6 heteroatoms. The van der Waals surface area contributed by atoms with Crippen LogP contribution in [0.25, 0.3) is 0 Å². The highest BCUT2D eigenvalue weighted by Crippen LogP contribution is 2.22. The van der Waals surface area contributed by atoms with E-state index in [9.17, 15) is 4.79 Å². The van der Waals surface area contributed by atoms with E-state index < -0.39 is 0 Å². The summed E-state index contributed by atoms with van der Waals surface area (Å²) in [4.78, 5) is 19.8. The predicted molar refractivity (Wildman–Crippen MR) is 106 cm³/mol. The molecule has 2 aliphatic heterocycles. The molecule has 1 atom stereocenters. The lowest BCUT2D eigenvalue weighted by Gasteiger charge is -2.39. The minimum Gasteiger partial charge on any atom is -0.496 e. The SMILES string of the molecule is COCCN1CCC[C@@H](C(=O)N2CCN(Cc3ccccc3OC)CC2)C1. The lowest BCUT2D eigenvalue weighted by Crippen LogP contribution is -2.52. The molecule has 0 bridgehead atoms. The van der Waals surface area contributed by atoms with Gasteiger partial charge < -0.3 is 19.3 Å². The van der Waals surface area contributed by atoms with Gasteiger partial charge in [-0.05, 0) is 25.5 Å². The zero-order valence-electron chi connectivity index (χ0n) is 16.7. The average Bonchev–Trinajstić information content (AvgIpc) is 2.73. The quantitative estimate of drug-likeness (QED) is 0.726. The largest absolute Gasteiger partial charge is 0.496 e. The van der Waals surface area contributed by atoms with E-state index in [0.717, 1.165) is 77.6 Å². The summed E-state index contributed by atoms with van der Waals surface area (Å²) in [6, 6.07) is 8.18. The average molecular weight is 376 g/mol. The minimum atomic E-state index is 0.149. The molecular weight excluding hydrogens is 342 g/mol. The predicted octanol–water partition coefficient (Wildman–Crippen LogP) is 1.70. The molecule has 1 amide bonds. The van der Waals surface area contributed by atoms with Crippen molar-refractivity contribution in [3.8, 4) is 5.75 Å². The van der Waals surface area contributed by atoms with Gasteiger partial charge in [-0.1, -0.05) is 18.2 Å². The molecule has 6 nitrogen and oxygen atoms in total. The maximum absolute atomic E-state index is 13.0. The number of benzene rings is 1. The number of hydrogen-bond donors (Lipinski definition) is 0. The van der Waals surface area contributed by atoms with Crippen LogP contribution in [0, 0.1) is 5.92 Å². The first kappa shape index (κ1) is 20.1. The van der Waals surface area contributed by atoms with E-state index in [1.165, 1.54) is 5.56 Å². The van der Waals surface area contributed by atoms with E-state index in [1.807, 2.05) is 12.1 Å². The summed E-state index contributed by atoms with van der Waals surface area (Å²) in [5.74, 6) is 1.43. The summed E-state index contributed by atoms with van der Waals surface area (Å²) in [5, 5.41) is 0. The molecule has 3 rings (SSSR count). The number of nitrogens with zero attached hydrogens (tertiary/aromatic N) is 3. The number of amides is 1. The molecule has 2 aliphatic rings. The molecule has 2 fully saturated rings. The van der Waals surface area contributed by atoms with Crippen LogP contribution in [0.1, 0.15) is 18.4 Å². The highest BCUT2D eigenvalue weighted by atomic mass is 16.5. The van der Waals surface area contributed by atoms with Gasteiger partial charge in [-0.25, -0.2) is 0 Å². The van der Waals surface area contributed by atoms with Crippen molar-refractivity contribution in [2.45, 2.75) is 19.4 Å². The molecule has 0 N–H and O–H groups in total. The molecule has 1 aromatic rings. The highest BCUT2D eigenvalue weighted by molar-refractivity contribution is 5.79. The second kappa shape index (κ2) is 10.1. The Labute approximate surface area is 163 Å². The van der Waals surface area contributed by atoms with Crippen LogP contribution in [-0.4, -0.2) is 87.2 Å². The van der Waals surface area contributed by atoms with Crippen LogP contribution < -0.4 is 4.74 Å². The molecule has 1 aromatic carbocycles. The molecule has 0 radical (unpaired) electrons. The second-order valence-electron chi connectivity index (χ2n) is 7.55. The van der Waals surface area contributed by atoms with E-state index in [4.69, 9.17) is 9.47 Å². The van der Waals surface area contributed by atoms with Gasteiger partial charge in [0.05, 0.1) is 19.6 Å². The zero-order valence-corrected chi connectivity index (χ0v) is 16.7. The monoisotopic (exact) mass is 375 g/mol. The third-order valence-corrected chi connectivity index (χ3v) is 5.74. The fourth-order valence-electron chi connectivity index (χ4n) is 4.14. The standard InChI is InChI=1S/C21H33N3O3/c1-26-15-14-22-9-5-7-19(17-22)21(25)24-12-10-23(11-13-24)16-18-6-3-4-8-20(18)27-2/h3-4,6,8,19H,5,7,9-17H2,1-2H3/t19-/m1/s1. The van der Waals surface area contributed by atoms with Crippen molar-refractivity contribution in [3.63, 3.8) is 0 Å². The highest BCUT2D eigenvalue weighted by Gasteiger charge is 2.31. The maximum Gasteiger partial charge on any atom is 0.227 e. The van der Waals surface area contributed by atoms with Crippen molar-refractivity contribution in [1.29, 1.82) is 0 Å². The molecule has 2 heterocycles. The van der Waals surface area contributed by atoms with Crippen LogP contribution >= 0.6 is 0 Å². The van der Waals surface area contributed by atoms with Crippen LogP contribution in [0.5, 0.6) is 5.75 Å². The Morgan fingerprint density at radius 3 is 2.59 bits per heavy atom. The first-order valence-electron chi connectivity index (χ1n) is 10.1. The fraction of sp³-hybridized carbons (Fsp3) is 0.667. The number of hydrogen-bond acceptors (Lipinski definition) is 5. The third-order valence-electron chi connectivity index (χ3n) is 5.74. The Morgan fingerprint density at radius 1 is 1.07 bits per heavy atom. The molecular formula is C21H33N3O3. The van der Waals surface area contributed by atoms with Gasteiger partial charge in [-0.3, -0.25) is 9.69 Å². The smallest absolute Gasteiger partial charge is 0.227 e. The summed E-state index contributed by atoms with van der Waals surface area (Å²) in [7, 11) is 3.45.